The molecule has 0 aliphatic heterocycles. The Morgan fingerprint density at radius 1 is 1.22 bits per heavy atom. The third-order valence-corrected chi connectivity index (χ3v) is 5.42. The highest BCUT2D eigenvalue weighted by Crippen LogP contribution is 2.37. The third-order valence-electron chi connectivity index (χ3n) is 5.42. The molecule has 0 spiro atoms. The Bertz CT molecular complexity index is 933. The van der Waals surface area contributed by atoms with Crippen LogP contribution < -0.4 is 10.6 Å². The first-order valence-corrected chi connectivity index (χ1v) is 11.3. The van der Waals surface area contributed by atoms with Gasteiger partial charge >= 0.3 is 6.09 Å². The molecule has 1 fully saturated rings. The molecule has 9 heteroatoms. The third kappa shape index (κ3) is 6.34. The summed E-state index contributed by atoms with van der Waals surface area (Å²) in [4.78, 5) is 24.4. The first-order chi connectivity index (χ1) is 15.0. The number of hydrogen-bond donors (Lipinski definition) is 2. The number of carbonyl (C=O) groups excluding carboxylic acids is 2. The molecular formula is C23H35N5O4. The highest BCUT2D eigenvalue weighted by Gasteiger charge is 2.30. The normalized spacial score (nSPS) is 19.1. The maximum Gasteiger partial charge on any atom is 0.407 e. The van der Waals surface area contributed by atoms with Gasteiger partial charge in [-0.15, -0.1) is 0 Å². The smallest absolute Gasteiger partial charge is 0.407 e. The van der Waals surface area contributed by atoms with Gasteiger partial charge in [0.15, 0.2) is 5.82 Å². The maximum atomic E-state index is 12.5. The number of amides is 2. The van der Waals surface area contributed by atoms with Gasteiger partial charge in [-0.2, -0.15) is 5.10 Å². The molecule has 0 unspecified atom stereocenters. The molecule has 0 bridgehead atoms. The zero-order valence-corrected chi connectivity index (χ0v) is 19.9. The monoisotopic (exact) mass is 445 g/mol. The summed E-state index contributed by atoms with van der Waals surface area (Å²) in [6.07, 6.45) is 3.09. The molecule has 0 saturated heterocycles. The summed E-state index contributed by atoms with van der Waals surface area (Å²) in [5, 5.41) is 14.2. The van der Waals surface area contributed by atoms with E-state index in [2.05, 4.69) is 41.7 Å². The second-order valence-electron chi connectivity index (χ2n) is 9.87. The van der Waals surface area contributed by atoms with E-state index >= 15 is 0 Å². The molecule has 0 aromatic carbocycles. The Labute approximate surface area is 189 Å². The number of aryl methyl sites for hydroxylation is 1. The van der Waals surface area contributed by atoms with Gasteiger partial charge in [0.1, 0.15) is 11.9 Å². The van der Waals surface area contributed by atoms with E-state index in [-0.39, 0.29) is 42.0 Å². The van der Waals surface area contributed by atoms with Gasteiger partial charge in [0, 0.05) is 29.8 Å². The summed E-state index contributed by atoms with van der Waals surface area (Å²) in [6.45, 7) is 11.9. The highest BCUT2D eigenvalue weighted by atomic mass is 16.6. The lowest BCUT2D eigenvalue weighted by Gasteiger charge is -2.31. The number of nitrogens with one attached hydrogen (secondary N) is 2. The molecule has 1 aliphatic rings. The van der Waals surface area contributed by atoms with Crippen molar-refractivity contribution in [1.82, 2.24) is 20.3 Å². The standard InChI is InChI=1S/C23H35N5O4/c1-14(2)24-22(30)31-17-9-7-16(8-10-17)19-13-20(26-28(19)23(4,5)6)25-21(29)12-18-11-15(3)27-32-18/h11,13-14,16-17H,7-10,12H2,1-6H3,(H,24,30)(H,25,26,29)/t16-,17+. The van der Waals surface area contributed by atoms with Crippen LogP contribution in [0.2, 0.25) is 0 Å². The molecular weight excluding hydrogens is 410 g/mol. The lowest BCUT2D eigenvalue weighted by Crippen LogP contribution is -2.35. The molecule has 2 aromatic rings. The Hall–Kier alpha value is -2.84. The van der Waals surface area contributed by atoms with E-state index in [1.165, 1.54) is 0 Å². The van der Waals surface area contributed by atoms with Crippen molar-refractivity contribution in [1.29, 1.82) is 0 Å². The Balaban J connectivity index is 1.65. The van der Waals surface area contributed by atoms with Gasteiger partial charge < -0.3 is 19.9 Å². The summed E-state index contributed by atoms with van der Waals surface area (Å²) >= 11 is 0. The largest absolute Gasteiger partial charge is 0.446 e. The molecule has 0 radical (unpaired) electrons. The predicted molar refractivity (Wildman–Crippen MR) is 121 cm³/mol. The summed E-state index contributed by atoms with van der Waals surface area (Å²) in [5.41, 5.74) is 1.60. The average Bonchev–Trinajstić information content (AvgIpc) is 3.27. The second-order valence-corrected chi connectivity index (χ2v) is 9.87. The van der Waals surface area contributed by atoms with E-state index in [0.29, 0.717) is 11.6 Å². The molecule has 2 aromatic heterocycles. The van der Waals surface area contributed by atoms with E-state index in [1.807, 2.05) is 31.5 Å². The lowest BCUT2D eigenvalue weighted by molar-refractivity contribution is -0.115. The number of nitrogens with zero attached hydrogens (tertiary/aromatic N) is 3. The molecule has 32 heavy (non-hydrogen) atoms. The topological polar surface area (TPSA) is 111 Å². The molecule has 2 amide bonds. The van der Waals surface area contributed by atoms with Crippen molar-refractivity contribution in [3.05, 3.63) is 29.3 Å². The van der Waals surface area contributed by atoms with Crippen LogP contribution in [0.3, 0.4) is 0 Å². The number of rotatable bonds is 6. The first kappa shape index (κ1) is 23.8. The van der Waals surface area contributed by atoms with E-state index < -0.39 is 0 Å². The number of ether oxygens (including phenoxy) is 1. The van der Waals surface area contributed by atoms with Crippen molar-refractivity contribution in [2.45, 2.75) is 97.2 Å². The summed E-state index contributed by atoms with van der Waals surface area (Å²) in [5.74, 6) is 1.15. The number of alkyl carbamates (subject to hydrolysis) is 1. The van der Waals surface area contributed by atoms with E-state index in [9.17, 15) is 9.59 Å². The summed E-state index contributed by atoms with van der Waals surface area (Å²) < 4.78 is 12.7. The van der Waals surface area contributed by atoms with Crippen LogP contribution in [0.15, 0.2) is 16.7 Å². The lowest BCUT2D eigenvalue weighted by atomic mass is 9.84. The SMILES string of the molecule is Cc1cc(CC(=O)Nc2cc([C@H]3CC[C@@H](OC(=O)NC(C)C)CC3)n(C(C)(C)C)n2)on1. The molecule has 0 atom stereocenters. The minimum absolute atomic E-state index is 0.0571. The van der Waals surface area contributed by atoms with Gasteiger partial charge in [0.25, 0.3) is 0 Å². The number of aromatic nitrogens is 3. The van der Waals surface area contributed by atoms with Crippen molar-refractivity contribution >= 4 is 17.8 Å². The zero-order valence-electron chi connectivity index (χ0n) is 19.9. The molecule has 9 nitrogen and oxygen atoms in total. The molecule has 176 valence electrons. The minimum Gasteiger partial charge on any atom is -0.446 e. The van der Waals surface area contributed by atoms with Crippen LogP contribution in [0, 0.1) is 6.92 Å². The molecule has 1 aliphatic carbocycles. The number of hydrogen-bond acceptors (Lipinski definition) is 6. The van der Waals surface area contributed by atoms with Crippen LogP contribution in [-0.4, -0.2) is 39.1 Å². The van der Waals surface area contributed by atoms with Crippen molar-refractivity contribution in [2.75, 3.05) is 5.32 Å². The van der Waals surface area contributed by atoms with Crippen LogP contribution in [0.5, 0.6) is 0 Å². The van der Waals surface area contributed by atoms with E-state index in [1.54, 1.807) is 6.07 Å². The van der Waals surface area contributed by atoms with Gasteiger partial charge in [-0.3, -0.25) is 9.48 Å². The van der Waals surface area contributed by atoms with Gasteiger partial charge in [-0.05, 0) is 67.2 Å². The molecule has 2 N–H and O–H groups in total. The Morgan fingerprint density at radius 2 is 1.91 bits per heavy atom. The van der Waals surface area contributed by atoms with E-state index in [0.717, 1.165) is 37.1 Å². The van der Waals surface area contributed by atoms with Crippen LogP contribution in [0.1, 0.15) is 83.4 Å². The average molecular weight is 446 g/mol. The fourth-order valence-corrected chi connectivity index (χ4v) is 4.03. The van der Waals surface area contributed by atoms with Crippen molar-refractivity contribution in [3.63, 3.8) is 0 Å². The molecule has 3 rings (SSSR count). The molecule has 1 saturated carbocycles. The van der Waals surface area contributed by atoms with Gasteiger partial charge in [0.05, 0.1) is 17.7 Å². The highest BCUT2D eigenvalue weighted by molar-refractivity contribution is 5.91. The Kier molecular flexibility index (Phi) is 7.26. The first-order valence-electron chi connectivity index (χ1n) is 11.3. The summed E-state index contributed by atoms with van der Waals surface area (Å²) in [6, 6.07) is 3.77. The molecule has 2 heterocycles. The quantitative estimate of drug-likeness (QED) is 0.687. The van der Waals surface area contributed by atoms with Gasteiger partial charge in [0.2, 0.25) is 5.91 Å². The van der Waals surface area contributed by atoms with Crippen molar-refractivity contribution in [3.8, 4) is 0 Å². The second kappa shape index (κ2) is 9.75. The number of carbonyl (C=O) groups is 2. The van der Waals surface area contributed by atoms with Crippen LogP contribution in [0.4, 0.5) is 10.6 Å². The summed E-state index contributed by atoms with van der Waals surface area (Å²) in [7, 11) is 0. The minimum atomic E-state index is -0.352. The fourth-order valence-electron chi connectivity index (χ4n) is 4.03. The fraction of sp³-hybridized carbons (Fsp3) is 0.652. The predicted octanol–water partition coefficient (Wildman–Crippen LogP) is 4.28. The van der Waals surface area contributed by atoms with Crippen LogP contribution in [-0.2, 0) is 21.5 Å². The Morgan fingerprint density at radius 3 is 2.47 bits per heavy atom. The number of anilines is 1. The zero-order chi connectivity index (χ0) is 23.5. The van der Waals surface area contributed by atoms with Crippen LogP contribution >= 0.6 is 0 Å². The van der Waals surface area contributed by atoms with Crippen LogP contribution in [0.25, 0.3) is 0 Å². The van der Waals surface area contributed by atoms with Gasteiger partial charge in [-0.1, -0.05) is 5.16 Å². The van der Waals surface area contributed by atoms with Crippen molar-refractivity contribution in [2.24, 2.45) is 0 Å². The van der Waals surface area contributed by atoms with E-state index in [4.69, 9.17) is 9.26 Å². The van der Waals surface area contributed by atoms with Crippen molar-refractivity contribution < 1.29 is 18.8 Å². The van der Waals surface area contributed by atoms with Gasteiger partial charge in [-0.25, -0.2) is 4.79 Å². The maximum absolute atomic E-state index is 12.5.